The van der Waals surface area contributed by atoms with Gasteiger partial charge in [-0.1, -0.05) is 465 Å². The van der Waals surface area contributed by atoms with Crippen molar-refractivity contribution in [3.63, 3.8) is 0 Å². The van der Waals surface area contributed by atoms with Crippen LogP contribution >= 0.6 is 15.6 Å². The number of unbranched alkanes of at least 4 members (excludes halogenated alkanes) is 62. The Morgan fingerprint density at radius 2 is 0.421 bits per heavy atom. The van der Waals surface area contributed by atoms with Crippen LogP contribution < -0.4 is 0 Å². The van der Waals surface area contributed by atoms with Gasteiger partial charge in [0.25, 0.3) is 0 Å². The lowest BCUT2D eigenvalue weighted by atomic mass is 9.99. The lowest BCUT2D eigenvalue weighted by Crippen LogP contribution is -2.30. The number of phosphoric acid groups is 2. The summed E-state index contributed by atoms with van der Waals surface area (Å²) in [5, 5.41) is 10.7. The van der Waals surface area contributed by atoms with Crippen LogP contribution in [0.3, 0.4) is 0 Å². The third kappa shape index (κ3) is 85.1. The zero-order valence-electron chi connectivity index (χ0n) is 75.4. The molecule has 114 heavy (non-hydrogen) atoms. The van der Waals surface area contributed by atoms with Gasteiger partial charge >= 0.3 is 39.5 Å². The number of aliphatic hydroxyl groups excluding tert-OH is 1. The highest BCUT2D eigenvalue weighted by molar-refractivity contribution is 7.47. The molecule has 0 aromatic carbocycles. The predicted molar refractivity (Wildman–Crippen MR) is 474 cm³/mol. The van der Waals surface area contributed by atoms with Gasteiger partial charge in [-0.05, 0) is 37.5 Å². The largest absolute Gasteiger partial charge is 0.472 e. The van der Waals surface area contributed by atoms with Gasteiger partial charge in [0.1, 0.15) is 19.3 Å². The van der Waals surface area contributed by atoms with Crippen LogP contribution in [0.4, 0.5) is 0 Å². The first kappa shape index (κ1) is 112. The van der Waals surface area contributed by atoms with E-state index >= 15 is 0 Å². The predicted octanol–water partition coefficient (Wildman–Crippen LogP) is 29.7. The average Bonchev–Trinajstić information content (AvgIpc) is 0.897. The quantitative estimate of drug-likeness (QED) is 0.0222. The monoisotopic (exact) mass is 1660 g/mol. The molecule has 0 fully saturated rings. The second kappa shape index (κ2) is 86.0. The first-order chi connectivity index (χ1) is 55.4. The summed E-state index contributed by atoms with van der Waals surface area (Å²) in [5.41, 5.74) is 0. The number of phosphoric ester groups is 2. The molecule has 0 aliphatic rings. The third-order valence-electron chi connectivity index (χ3n) is 23.2. The van der Waals surface area contributed by atoms with Gasteiger partial charge in [0.05, 0.1) is 26.4 Å². The van der Waals surface area contributed by atoms with Crippen LogP contribution in [0.1, 0.15) is 517 Å². The van der Waals surface area contributed by atoms with Gasteiger partial charge in [-0.2, -0.15) is 0 Å². The summed E-state index contributed by atoms with van der Waals surface area (Å²) in [4.78, 5) is 73.5. The van der Waals surface area contributed by atoms with Crippen LogP contribution in [0.15, 0.2) is 0 Å². The molecule has 17 nitrogen and oxygen atoms in total. The molecule has 4 unspecified atom stereocenters. The summed E-state index contributed by atoms with van der Waals surface area (Å²) in [6.45, 7) is 9.75. The standard InChI is InChI=1S/C95H186O17P2/c1-7-11-13-15-17-19-21-23-25-27-29-31-33-38-42-46-50-54-58-65-71-77-92(97)105-83-90(111-94(99)79-73-67-60-56-52-48-44-40-36-35-37-41-45-49-53-57-63-69-75-87(5)9-3)85-109-113(101,102)107-81-89(96)82-108-114(103,104)110-86-91(84-106-93(98)78-72-66-62-61-64-70-76-88(6)10-4)112-95(100)80-74-68-59-55-51-47-43-39-34-32-30-28-26-24-22-20-18-16-14-12-8-2/h87-91,96H,7-86H2,1-6H3,(H,101,102)(H,103,104)/t87?,88?,89-,90-,91-/m1/s1. The van der Waals surface area contributed by atoms with Crippen LogP contribution in [0, 0.1) is 11.8 Å². The Hall–Kier alpha value is -1.94. The molecule has 0 bridgehead atoms. The van der Waals surface area contributed by atoms with E-state index in [1.54, 1.807) is 0 Å². The normalized spacial score (nSPS) is 14.1. The molecule has 0 radical (unpaired) electrons. The van der Waals surface area contributed by atoms with Gasteiger partial charge in [0.15, 0.2) is 12.2 Å². The van der Waals surface area contributed by atoms with E-state index in [0.29, 0.717) is 25.7 Å². The highest BCUT2D eigenvalue weighted by Gasteiger charge is 2.31. The van der Waals surface area contributed by atoms with E-state index in [-0.39, 0.29) is 25.7 Å². The number of hydrogen-bond donors (Lipinski definition) is 3. The molecule has 0 saturated heterocycles. The number of hydrogen-bond acceptors (Lipinski definition) is 15. The van der Waals surface area contributed by atoms with Crippen molar-refractivity contribution in [1.82, 2.24) is 0 Å². The molecule has 19 heteroatoms. The molecule has 0 heterocycles. The zero-order chi connectivity index (χ0) is 83.4. The van der Waals surface area contributed by atoms with Gasteiger partial charge in [0.2, 0.25) is 0 Å². The van der Waals surface area contributed by atoms with Crippen molar-refractivity contribution in [3.05, 3.63) is 0 Å². The number of esters is 4. The van der Waals surface area contributed by atoms with E-state index in [0.717, 1.165) is 108 Å². The molecule has 0 saturated carbocycles. The summed E-state index contributed by atoms with van der Waals surface area (Å²) in [6, 6.07) is 0. The molecule has 0 rings (SSSR count). The molecule has 7 atom stereocenters. The summed E-state index contributed by atoms with van der Waals surface area (Å²) in [6.07, 6.45) is 82.3. The minimum absolute atomic E-state index is 0.108. The van der Waals surface area contributed by atoms with Gasteiger partial charge in [-0.3, -0.25) is 37.3 Å². The molecular formula is C95H186O17P2. The minimum atomic E-state index is -4.97. The van der Waals surface area contributed by atoms with Crippen molar-refractivity contribution < 1.29 is 80.2 Å². The molecule has 678 valence electrons. The fourth-order valence-corrected chi connectivity index (χ4v) is 16.5. The first-order valence-corrected chi connectivity index (χ1v) is 52.1. The highest BCUT2D eigenvalue weighted by atomic mass is 31.2. The number of aliphatic hydroxyl groups is 1. The Morgan fingerprint density at radius 3 is 0.623 bits per heavy atom. The van der Waals surface area contributed by atoms with Crippen LogP contribution in [-0.2, 0) is 65.4 Å². The van der Waals surface area contributed by atoms with E-state index in [9.17, 15) is 43.2 Å². The Balaban J connectivity index is 5.20. The number of carbonyl (C=O) groups is 4. The molecule has 3 N–H and O–H groups in total. The second-order valence-corrected chi connectivity index (χ2v) is 37.5. The van der Waals surface area contributed by atoms with Gasteiger partial charge < -0.3 is 33.8 Å². The Bertz CT molecular complexity index is 2170. The fraction of sp³-hybridized carbons (Fsp3) is 0.958. The number of carbonyl (C=O) groups excluding carboxylic acids is 4. The smallest absolute Gasteiger partial charge is 0.462 e. The van der Waals surface area contributed by atoms with Gasteiger partial charge in [0, 0.05) is 25.7 Å². The van der Waals surface area contributed by atoms with Crippen molar-refractivity contribution in [3.8, 4) is 0 Å². The van der Waals surface area contributed by atoms with E-state index in [2.05, 4.69) is 41.5 Å². The van der Waals surface area contributed by atoms with Crippen molar-refractivity contribution >= 4 is 39.5 Å². The first-order valence-electron chi connectivity index (χ1n) is 49.1. The van der Waals surface area contributed by atoms with Crippen LogP contribution in [0.25, 0.3) is 0 Å². The van der Waals surface area contributed by atoms with E-state index < -0.39 is 97.5 Å². The molecule has 0 aromatic heterocycles. The highest BCUT2D eigenvalue weighted by Crippen LogP contribution is 2.45. The molecule has 0 aliphatic carbocycles. The Morgan fingerprint density at radius 1 is 0.246 bits per heavy atom. The van der Waals surface area contributed by atoms with Crippen LogP contribution in [0.2, 0.25) is 0 Å². The SMILES string of the molecule is CCCCCCCCCCCCCCCCCCCCCCCC(=O)OC[C@H](COP(=O)(O)OC[C@@H](O)COP(=O)(O)OC[C@@H](COC(=O)CCCCCCCCC(C)CC)OC(=O)CCCCCCCCCCCCCCCCCCCCCCC)OC(=O)CCCCCCCCCCCCCCCCCCCCC(C)CC. The van der Waals surface area contributed by atoms with Gasteiger partial charge in [-0.15, -0.1) is 0 Å². The summed E-state index contributed by atoms with van der Waals surface area (Å²) >= 11 is 0. The van der Waals surface area contributed by atoms with Crippen molar-refractivity contribution in [2.45, 2.75) is 535 Å². The lowest BCUT2D eigenvalue weighted by molar-refractivity contribution is -0.161. The number of ether oxygens (including phenoxy) is 4. The third-order valence-corrected chi connectivity index (χ3v) is 25.1. The van der Waals surface area contributed by atoms with E-state index in [1.807, 2.05) is 0 Å². The van der Waals surface area contributed by atoms with Gasteiger partial charge in [-0.25, -0.2) is 9.13 Å². The van der Waals surface area contributed by atoms with Crippen molar-refractivity contribution in [1.29, 1.82) is 0 Å². The molecule has 0 amide bonds. The Kier molecular flexibility index (Phi) is 84.6. The molecule has 0 aromatic rings. The maximum atomic E-state index is 13.2. The number of rotatable bonds is 94. The minimum Gasteiger partial charge on any atom is -0.462 e. The van der Waals surface area contributed by atoms with Crippen LogP contribution in [0.5, 0.6) is 0 Å². The fourth-order valence-electron chi connectivity index (χ4n) is 14.9. The van der Waals surface area contributed by atoms with E-state index in [4.69, 9.17) is 37.0 Å². The van der Waals surface area contributed by atoms with Crippen molar-refractivity contribution in [2.24, 2.45) is 11.8 Å². The maximum absolute atomic E-state index is 13.2. The van der Waals surface area contributed by atoms with Crippen LogP contribution in [-0.4, -0.2) is 96.7 Å². The summed E-state index contributed by atoms with van der Waals surface area (Å²) < 4.78 is 69.2. The summed E-state index contributed by atoms with van der Waals surface area (Å²) in [5.74, 6) is -0.493. The molecular weight excluding hydrogens is 1470 g/mol. The maximum Gasteiger partial charge on any atom is 0.472 e. The van der Waals surface area contributed by atoms with E-state index in [1.165, 1.54) is 327 Å². The Labute approximate surface area is 702 Å². The second-order valence-electron chi connectivity index (χ2n) is 34.6. The molecule has 0 aliphatic heterocycles. The lowest BCUT2D eigenvalue weighted by Gasteiger charge is -2.21. The topological polar surface area (TPSA) is 237 Å². The average molecular weight is 1660 g/mol. The van der Waals surface area contributed by atoms with Crippen molar-refractivity contribution in [2.75, 3.05) is 39.6 Å². The summed E-state index contributed by atoms with van der Waals surface area (Å²) in [7, 11) is -9.94. The zero-order valence-corrected chi connectivity index (χ0v) is 77.2. The molecule has 0 spiro atoms.